The first-order valence-electron chi connectivity index (χ1n) is 5.45. The fraction of sp³-hybridized carbons (Fsp3) is 0.600. The Balaban J connectivity index is 1.87. The third kappa shape index (κ3) is 3.00. The summed E-state index contributed by atoms with van der Waals surface area (Å²) in [6.07, 6.45) is 3.18. The van der Waals surface area contributed by atoms with Gasteiger partial charge in [0.05, 0.1) is 6.20 Å². The third-order valence-electron chi connectivity index (χ3n) is 2.94. The van der Waals surface area contributed by atoms with E-state index in [-0.39, 0.29) is 18.2 Å². The van der Waals surface area contributed by atoms with E-state index >= 15 is 0 Å². The molecule has 0 aliphatic carbocycles. The van der Waals surface area contributed by atoms with Gasteiger partial charge in [-0.15, -0.1) is 5.10 Å². The molecule has 1 N–H and O–H groups in total. The first-order valence-corrected chi connectivity index (χ1v) is 6.22. The maximum atomic E-state index is 11.9. The van der Waals surface area contributed by atoms with Crippen molar-refractivity contribution in [3.8, 4) is 0 Å². The maximum Gasteiger partial charge on any atom is 0.303 e. The molecule has 0 saturated carbocycles. The van der Waals surface area contributed by atoms with Crippen LogP contribution < -0.4 is 0 Å². The summed E-state index contributed by atoms with van der Waals surface area (Å²) in [5.74, 6) is -0.619. The number of hydrogen-bond acceptors (Lipinski definition) is 5. The Morgan fingerprint density at radius 2 is 2.18 bits per heavy atom. The number of carbonyl (C=O) groups excluding carboxylic acids is 1. The van der Waals surface area contributed by atoms with Crippen LogP contribution in [0.3, 0.4) is 0 Å². The average molecular weight is 255 g/mol. The molecule has 1 aromatic rings. The average Bonchev–Trinajstić information content (AvgIpc) is 2.82. The summed E-state index contributed by atoms with van der Waals surface area (Å²) >= 11 is 1.09. The van der Waals surface area contributed by atoms with Crippen LogP contribution in [-0.4, -0.2) is 44.6 Å². The summed E-state index contributed by atoms with van der Waals surface area (Å²) in [6.45, 7) is 1.24. The van der Waals surface area contributed by atoms with Crippen LogP contribution in [-0.2, 0) is 4.79 Å². The molecule has 0 unspecified atom stereocenters. The van der Waals surface area contributed by atoms with Crippen molar-refractivity contribution in [1.82, 2.24) is 14.5 Å². The molecule has 2 rings (SSSR count). The Morgan fingerprint density at radius 3 is 2.71 bits per heavy atom. The number of carboxylic acids is 1. The lowest BCUT2D eigenvalue weighted by Crippen LogP contribution is -2.38. The number of hydrogen-bond donors (Lipinski definition) is 1. The van der Waals surface area contributed by atoms with Crippen molar-refractivity contribution in [2.24, 2.45) is 5.92 Å². The fourth-order valence-corrected chi connectivity index (χ4v) is 2.49. The number of aromatic nitrogens is 2. The predicted octanol–water partition coefficient (Wildman–Crippen LogP) is 0.865. The molecule has 0 atom stereocenters. The van der Waals surface area contributed by atoms with Crippen LogP contribution in [0, 0.1) is 5.92 Å². The van der Waals surface area contributed by atoms with Crippen LogP contribution in [0.5, 0.6) is 0 Å². The molecule has 0 radical (unpaired) electrons. The van der Waals surface area contributed by atoms with Gasteiger partial charge in [-0.05, 0) is 30.3 Å². The minimum Gasteiger partial charge on any atom is -0.481 e. The standard InChI is InChI=1S/C10H13N3O3S/c14-9(15)5-7-1-3-13(4-2-7)10(16)8-6-11-12-17-8/h6-7H,1-5H2,(H,14,15). The molecule has 17 heavy (non-hydrogen) atoms. The quantitative estimate of drug-likeness (QED) is 0.866. The second-order valence-corrected chi connectivity index (χ2v) is 4.90. The van der Waals surface area contributed by atoms with Gasteiger partial charge >= 0.3 is 5.97 Å². The van der Waals surface area contributed by atoms with E-state index in [1.807, 2.05) is 0 Å². The van der Waals surface area contributed by atoms with E-state index in [4.69, 9.17) is 5.11 Å². The monoisotopic (exact) mass is 255 g/mol. The molecular weight excluding hydrogens is 242 g/mol. The molecule has 2 heterocycles. The van der Waals surface area contributed by atoms with Crippen molar-refractivity contribution < 1.29 is 14.7 Å². The molecule has 0 aromatic carbocycles. The van der Waals surface area contributed by atoms with E-state index in [2.05, 4.69) is 9.59 Å². The lowest BCUT2D eigenvalue weighted by Gasteiger charge is -2.30. The topological polar surface area (TPSA) is 83.4 Å². The summed E-state index contributed by atoms with van der Waals surface area (Å²) in [5, 5.41) is 12.3. The number of carboxylic acid groups (broad SMARTS) is 1. The van der Waals surface area contributed by atoms with Crippen LogP contribution in [0.4, 0.5) is 0 Å². The highest BCUT2D eigenvalue weighted by atomic mass is 32.1. The lowest BCUT2D eigenvalue weighted by molar-refractivity contribution is -0.138. The molecule has 7 heteroatoms. The zero-order valence-corrected chi connectivity index (χ0v) is 10.0. The third-order valence-corrected chi connectivity index (χ3v) is 3.59. The minimum atomic E-state index is -0.763. The minimum absolute atomic E-state index is 0.0474. The molecule has 1 amide bonds. The normalized spacial score (nSPS) is 17.1. The number of nitrogens with zero attached hydrogens (tertiary/aromatic N) is 3. The number of aliphatic carboxylic acids is 1. The Hall–Kier alpha value is -1.50. The van der Waals surface area contributed by atoms with Gasteiger partial charge in [-0.25, -0.2) is 0 Å². The van der Waals surface area contributed by atoms with Crippen molar-refractivity contribution in [3.63, 3.8) is 0 Å². The zero-order chi connectivity index (χ0) is 12.3. The van der Waals surface area contributed by atoms with Gasteiger partial charge in [-0.1, -0.05) is 4.49 Å². The smallest absolute Gasteiger partial charge is 0.303 e. The van der Waals surface area contributed by atoms with Crippen LogP contribution in [0.15, 0.2) is 6.20 Å². The number of carbonyl (C=O) groups is 2. The van der Waals surface area contributed by atoms with Crippen LogP contribution >= 0.6 is 11.5 Å². The Bertz CT molecular complexity index is 399. The molecule has 1 aromatic heterocycles. The van der Waals surface area contributed by atoms with E-state index in [0.717, 1.165) is 24.4 Å². The molecule has 1 aliphatic heterocycles. The van der Waals surface area contributed by atoms with Gasteiger partial charge in [0.25, 0.3) is 5.91 Å². The van der Waals surface area contributed by atoms with E-state index in [0.29, 0.717) is 18.0 Å². The summed E-state index contributed by atoms with van der Waals surface area (Å²) in [4.78, 5) is 24.8. The van der Waals surface area contributed by atoms with Gasteiger partial charge in [0.2, 0.25) is 0 Å². The lowest BCUT2D eigenvalue weighted by atomic mass is 9.93. The fourth-order valence-electron chi connectivity index (χ4n) is 2.00. The van der Waals surface area contributed by atoms with Gasteiger partial charge in [0, 0.05) is 19.5 Å². The van der Waals surface area contributed by atoms with Gasteiger partial charge in [0.1, 0.15) is 4.88 Å². The zero-order valence-electron chi connectivity index (χ0n) is 9.20. The highest BCUT2D eigenvalue weighted by Gasteiger charge is 2.25. The molecule has 1 fully saturated rings. The highest BCUT2D eigenvalue weighted by molar-refractivity contribution is 7.07. The van der Waals surface area contributed by atoms with Gasteiger partial charge in [-0.2, -0.15) is 0 Å². The number of amides is 1. The predicted molar refractivity (Wildman–Crippen MR) is 60.8 cm³/mol. The maximum absolute atomic E-state index is 11.9. The largest absolute Gasteiger partial charge is 0.481 e. The van der Waals surface area contributed by atoms with Crippen LogP contribution in [0.1, 0.15) is 28.9 Å². The van der Waals surface area contributed by atoms with Gasteiger partial charge < -0.3 is 10.0 Å². The van der Waals surface area contributed by atoms with Crippen molar-refractivity contribution in [2.75, 3.05) is 13.1 Å². The summed E-state index contributed by atoms with van der Waals surface area (Å²) in [7, 11) is 0. The van der Waals surface area contributed by atoms with Crippen LogP contribution in [0.2, 0.25) is 0 Å². The van der Waals surface area contributed by atoms with Crippen molar-refractivity contribution >= 4 is 23.4 Å². The second-order valence-electron chi connectivity index (χ2n) is 4.12. The highest BCUT2D eigenvalue weighted by Crippen LogP contribution is 2.22. The van der Waals surface area contributed by atoms with Crippen LogP contribution in [0.25, 0.3) is 0 Å². The van der Waals surface area contributed by atoms with Crippen molar-refractivity contribution in [1.29, 1.82) is 0 Å². The molecule has 0 bridgehead atoms. The van der Waals surface area contributed by atoms with Gasteiger partial charge in [-0.3, -0.25) is 9.59 Å². The summed E-state index contributed by atoms with van der Waals surface area (Å²) in [6, 6.07) is 0. The molecule has 1 saturated heterocycles. The van der Waals surface area contributed by atoms with E-state index < -0.39 is 5.97 Å². The SMILES string of the molecule is O=C(O)CC1CCN(C(=O)c2cnns2)CC1. The van der Waals surface area contributed by atoms with E-state index in [9.17, 15) is 9.59 Å². The Morgan fingerprint density at radius 1 is 1.47 bits per heavy atom. The number of piperidine rings is 1. The first-order chi connectivity index (χ1) is 8.16. The van der Waals surface area contributed by atoms with Crippen molar-refractivity contribution in [3.05, 3.63) is 11.1 Å². The second kappa shape index (κ2) is 5.22. The van der Waals surface area contributed by atoms with E-state index in [1.54, 1.807) is 4.90 Å². The summed E-state index contributed by atoms with van der Waals surface area (Å²) in [5.41, 5.74) is 0. The first kappa shape index (κ1) is 12.0. The summed E-state index contributed by atoms with van der Waals surface area (Å²) < 4.78 is 3.66. The Labute approximate surface area is 102 Å². The molecule has 1 aliphatic rings. The number of likely N-dealkylation sites (tertiary alicyclic amines) is 1. The molecule has 6 nitrogen and oxygen atoms in total. The van der Waals surface area contributed by atoms with E-state index in [1.165, 1.54) is 6.20 Å². The Kier molecular flexibility index (Phi) is 3.68. The number of rotatable bonds is 3. The van der Waals surface area contributed by atoms with Gasteiger partial charge in [0.15, 0.2) is 0 Å². The van der Waals surface area contributed by atoms with Crippen molar-refractivity contribution in [2.45, 2.75) is 19.3 Å². The molecule has 0 spiro atoms. The molecular formula is C10H13N3O3S. The molecule has 92 valence electrons.